The number of anilines is 3. The average molecular weight is 415 g/mol. The molecule has 0 spiro atoms. The minimum Gasteiger partial charge on any atom is -0.368 e. The maximum Gasteiger partial charge on any atom is 0.224 e. The van der Waals surface area contributed by atoms with Gasteiger partial charge < -0.3 is 20.0 Å². The highest BCUT2D eigenvalue weighted by Crippen LogP contribution is 2.39. The highest BCUT2D eigenvalue weighted by Gasteiger charge is 2.36. The second kappa shape index (κ2) is 8.98. The first kappa shape index (κ1) is 21.2. The van der Waals surface area contributed by atoms with Crippen LogP contribution in [-0.2, 0) is 4.79 Å². The smallest absolute Gasteiger partial charge is 0.224 e. The van der Waals surface area contributed by atoms with Crippen molar-refractivity contribution >= 4 is 23.4 Å². The van der Waals surface area contributed by atoms with Crippen LogP contribution in [0.3, 0.4) is 0 Å². The highest BCUT2D eigenvalue weighted by molar-refractivity contribution is 5.73. The van der Waals surface area contributed by atoms with E-state index in [0.717, 1.165) is 56.4 Å². The number of likely N-dealkylation sites (tertiary alicyclic amines) is 1. The lowest BCUT2D eigenvalue weighted by Gasteiger charge is -2.45. The zero-order valence-electron chi connectivity index (χ0n) is 19.1. The lowest BCUT2D eigenvalue weighted by molar-refractivity contribution is -0.130. The maximum absolute atomic E-state index is 11.6. The number of piperidine rings is 1. The van der Waals surface area contributed by atoms with Gasteiger partial charge in [-0.1, -0.05) is 19.8 Å². The van der Waals surface area contributed by atoms with E-state index in [9.17, 15) is 4.79 Å². The van der Waals surface area contributed by atoms with E-state index in [1.165, 1.54) is 25.7 Å². The first-order valence-electron chi connectivity index (χ1n) is 11.9. The molecular formula is C23H38N6O. The molecule has 1 saturated heterocycles. The third kappa shape index (κ3) is 4.21. The minimum atomic E-state index is 0.189. The van der Waals surface area contributed by atoms with Crippen molar-refractivity contribution in [1.29, 1.82) is 0 Å². The number of hydrogen-bond donors (Lipinski definition) is 1. The van der Waals surface area contributed by atoms with E-state index in [1.54, 1.807) is 6.92 Å². The molecule has 0 aromatic carbocycles. The monoisotopic (exact) mass is 414 g/mol. The molecule has 30 heavy (non-hydrogen) atoms. The van der Waals surface area contributed by atoms with Gasteiger partial charge in [0.2, 0.25) is 11.9 Å². The van der Waals surface area contributed by atoms with Crippen LogP contribution >= 0.6 is 0 Å². The molecule has 2 unspecified atom stereocenters. The standard InChI is InChI=1S/C23H38N6O/c1-5-19-15-27(4)21-14-24-23(26-22(21)29(19)20-8-6-7-9-20)25-16(2)18-10-12-28(13-11-18)17(3)30/h14,16,18-20H,5-13,15H2,1-4H3,(H,24,25,26). The molecule has 3 heterocycles. The van der Waals surface area contributed by atoms with Gasteiger partial charge in [0.1, 0.15) is 0 Å². The molecule has 1 aliphatic carbocycles. The molecule has 1 amide bonds. The number of carbonyl (C=O) groups is 1. The Morgan fingerprint density at radius 1 is 1.23 bits per heavy atom. The van der Waals surface area contributed by atoms with Gasteiger partial charge >= 0.3 is 0 Å². The number of likely N-dealkylation sites (N-methyl/N-ethyl adjacent to an activating group) is 1. The molecule has 3 aliphatic rings. The average Bonchev–Trinajstić information content (AvgIpc) is 3.27. The zero-order valence-corrected chi connectivity index (χ0v) is 19.1. The molecule has 1 aromatic rings. The van der Waals surface area contributed by atoms with Gasteiger partial charge in [-0.05, 0) is 44.9 Å². The van der Waals surface area contributed by atoms with Crippen LogP contribution in [0.1, 0.15) is 65.7 Å². The molecule has 0 radical (unpaired) electrons. The van der Waals surface area contributed by atoms with E-state index in [-0.39, 0.29) is 5.91 Å². The quantitative estimate of drug-likeness (QED) is 0.795. The van der Waals surface area contributed by atoms with Crippen molar-refractivity contribution in [1.82, 2.24) is 14.9 Å². The summed E-state index contributed by atoms with van der Waals surface area (Å²) in [4.78, 5) is 28.2. The minimum absolute atomic E-state index is 0.189. The van der Waals surface area contributed by atoms with Gasteiger partial charge in [-0.25, -0.2) is 4.98 Å². The Kier molecular flexibility index (Phi) is 6.34. The number of amides is 1. The molecule has 2 fully saturated rings. The van der Waals surface area contributed by atoms with Crippen molar-refractivity contribution in [3.63, 3.8) is 0 Å². The largest absolute Gasteiger partial charge is 0.368 e. The van der Waals surface area contributed by atoms with E-state index in [0.29, 0.717) is 24.0 Å². The third-order valence-corrected chi connectivity index (χ3v) is 7.52. The summed E-state index contributed by atoms with van der Waals surface area (Å²) in [6, 6.07) is 1.42. The molecule has 2 atom stereocenters. The van der Waals surface area contributed by atoms with Crippen molar-refractivity contribution in [3.8, 4) is 0 Å². The van der Waals surface area contributed by atoms with E-state index in [1.807, 2.05) is 11.1 Å². The van der Waals surface area contributed by atoms with Gasteiger partial charge in [0.05, 0.1) is 11.9 Å². The van der Waals surface area contributed by atoms with Crippen molar-refractivity contribution < 1.29 is 4.79 Å². The SMILES string of the molecule is CCC1CN(C)c2cnc(NC(C)C3CCN(C(C)=O)CC3)nc2N1C1CCCC1. The van der Waals surface area contributed by atoms with Gasteiger partial charge in [0, 0.05) is 51.7 Å². The summed E-state index contributed by atoms with van der Waals surface area (Å²) in [6.45, 7) is 8.94. The van der Waals surface area contributed by atoms with Gasteiger partial charge in [0.15, 0.2) is 5.82 Å². The number of fused-ring (bicyclic) bond motifs is 1. The van der Waals surface area contributed by atoms with Crippen LogP contribution in [0, 0.1) is 5.92 Å². The summed E-state index contributed by atoms with van der Waals surface area (Å²) < 4.78 is 0. The second-order valence-electron chi connectivity index (χ2n) is 9.47. The molecule has 0 bridgehead atoms. The molecule has 166 valence electrons. The molecule has 4 rings (SSSR count). The fraction of sp³-hybridized carbons (Fsp3) is 0.783. The molecule has 1 aromatic heterocycles. The van der Waals surface area contributed by atoms with Gasteiger partial charge in [-0.15, -0.1) is 0 Å². The summed E-state index contributed by atoms with van der Waals surface area (Å²) in [5.74, 6) is 2.58. The predicted molar refractivity (Wildman–Crippen MR) is 122 cm³/mol. The summed E-state index contributed by atoms with van der Waals surface area (Å²) in [7, 11) is 2.16. The van der Waals surface area contributed by atoms with Crippen LogP contribution in [0.5, 0.6) is 0 Å². The Balaban J connectivity index is 1.50. The van der Waals surface area contributed by atoms with Crippen LogP contribution in [0.25, 0.3) is 0 Å². The van der Waals surface area contributed by atoms with Crippen LogP contribution in [-0.4, -0.2) is 65.6 Å². The number of rotatable bonds is 5. The lowest BCUT2D eigenvalue weighted by Crippen LogP contribution is -2.52. The van der Waals surface area contributed by atoms with Crippen LogP contribution in [0.4, 0.5) is 17.5 Å². The van der Waals surface area contributed by atoms with E-state index >= 15 is 0 Å². The van der Waals surface area contributed by atoms with Gasteiger partial charge in [0.25, 0.3) is 0 Å². The van der Waals surface area contributed by atoms with Gasteiger partial charge in [-0.2, -0.15) is 4.98 Å². The number of nitrogens with zero attached hydrogens (tertiary/aromatic N) is 5. The van der Waals surface area contributed by atoms with Crippen LogP contribution in [0.2, 0.25) is 0 Å². The number of hydrogen-bond acceptors (Lipinski definition) is 6. The first-order chi connectivity index (χ1) is 14.5. The van der Waals surface area contributed by atoms with Crippen molar-refractivity contribution in [2.45, 2.75) is 83.8 Å². The van der Waals surface area contributed by atoms with Crippen molar-refractivity contribution in [2.24, 2.45) is 5.92 Å². The van der Waals surface area contributed by atoms with Crippen molar-refractivity contribution in [2.75, 3.05) is 41.8 Å². The Bertz CT molecular complexity index is 741. The Labute approximate surface area is 181 Å². The van der Waals surface area contributed by atoms with Crippen LogP contribution < -0.4 is 15.1 Å². The maximum atomic E-state index is 11.6. The van der Waals surface area contributed by atoms with E-state index in [4.69, 9.17) is 4.98 Å². The first-order valence-corrected chi connectivity index (χ1v) is 11.9. The summed E-state index contributed by atoms with van der Waals surface area (Å²) in [6.07, 6.45) is 10.4. The highest BCUT2D eigenvalue weighted by atomic mass is 16.2. The topological polar surface area (TPSA) is 64.6 Å². The number of aromatic nitrogens is 2. The van der Waals surface area contributed by atoms with E-state index < -0.39 is 0 Å². The number of carbonyl (C=O) groups excluding carboxylic acids is 1. The molecular weight excluding hydrogens is 376 g/mol. The molecule has 7 nitrogen and oxygen atoms in total. The summed E-state index contributed by atoms with van der Waals surface area (Å²) in [5.41, 5.74) is 1.15. The molecule has 2 aliphatic heterocycles. The second-order valence-corrected chi connectivity index (χ2v) is 9.47. The Morgan fingerprint density at radius 2 is 1.93 bits per heavy atom. The predicted octanol–water partition coefficient (Wildman–Crippen LogP) is 3.51. The molecule has 1 N–H and O–H groups in total. The lowest BCUT2D eigenvalue weighted by atomic mass is 9.90. The van der Waals surface area contributed by atoms with Gasteiger partial charge in [-0.3, -0.25) is 4.79 Å². The third-order valence-electron chi connectivity index (χ3n) is 7.52. The summed E-state index contributed by atoms with van der Waals surface area (Å²) in [5, 5.41) is 3.59. The van der Waals surface area contributed by atoms with Crippen LogP contribution in [0.15, 0.2) is 6.20 Å². The van der Waals surface area contributed by atoms with Crippen molar-refractivity contribution in [3.05, 3.63) is 6.20 Å². The fourth-order valence-electron chi connectivity index (χ4n) is 5.59. The zero-order chi connectivity index (χ0) is 21.3. The fourth-order valence-corrected chi connectivity index (χ4v) is 5.59. The normalized spacial score (nSPS) is 24.1. The summed E-state index contributed by atoms with van der Waals surface area (Å²) >= 11 is 0. The van der Waals surface area contributed by atoms with E-state index in [2.05, 4.69) is 41.0 Å². The molecule has 7 heteroatoms. The Hall–Kier alpha value is -2.05. The molecule has 1 saturated carbocycles. The Morgan fingerprint density at radius 3 is 2.57 bits per heavy atom. The number of nitrogens with one attached hydrogen (secondary N) is 1.